The van der Waals surface area contributed by atoms with Gasteiger partial charge in [-0.1, -0.05) is 53.6 Å². The van der Waals surface area contributed by atoms with Crippen LogP contribution in [0.25, 0.3) is 27.4 Å². The maximum atomic E-state index is 5.14. The number of H-pyrrole nitrogens is 1. The van der Waals surface area contributed by atoms with Gasteiger partial charge >= 0.3 is 0 Å². The van der Waals surface area contributed by atoms with Crippen molar-refractivity contribution in [1.29, 1.82) is 0 Å². The molecule has 1 aliphatic heterocycles. The summed E-state index contributed by atoms with van der Waals surface area (Å²) >= 11 is 0. The average Bonchev–Trinajstić information content (AvgIpc) is 3.26. The third kappa shape index (κ3) is 3.23. The Hall–Kier alpha value is -3.85. The minimum absolute atomic E-state index is 0.106. The van der Waals surface area contributed by atoms with Crippen molar-refractivity contribution in [3.05, 3.63) is 113 Å². The van der Waals surface area contributed by atoms with E-state index >= 15 is 0 Å². The molecule has 0 spiro atoms. The minimum atomic E-state index is 0.106. The summed E-state index contributed by atoms with van der Waals surface area (Å²) in [5.74, 6) is 0.106. The molecule has 6 rings (SSSR count). The Kier molecular flexibility index (Phi) is 4.58. The van der Waals surface area contributed by atoms with Gasteiger partial charge in [-0.05, 0) is 62.2 Å². The maximum absolute atomic E-state index is 5.14. The van der Waals surface area contributed by atoms with Crippen LogP contribution in [-0.2, 0) is 0 Å². The molecule has 1 aliphatic rings. The third-order valence-corrected chi connectivity index (χ3v) is 6.82. The van der Waals surface area contributed by atoms with Crippen molar-refractivity contribution in [2.75, 3.05) is 11.4 Å². The smallest absolute Gasteiger partial charge is 0.0709 e. The molecule has 33 heavy (non-hydrogen) atoms. The molecule has 0 radical (unpaired) electrons. The number of hydrogen-bond donors (Lipinski definition) is 1. The van der Waals surface area contributed by atoms with Crippen LogP contribution in [0.4, 0.5) is 5.69 Å². The monoisotopic (exact) mass is 429 g/mol. The van der Waals surface area contributed by atoms with Gasteiger partial charge in [-0.2, -0.15) is 0 Å². The first-order valence-corrected chi connectivity index (χ1v) is 11.6. The molecule has 0 fully saturated rings. The zero-order valence-electron chi connectivity index (χ0n) is 19.3. The Bertz CT molecular complexity index is 1540. The largest absolute Gasteiger partial charge is 0.361 e. The Labute approximate surface area is 194 Å². The number of aryl methyl sites for hydroxylation is 2. The number of para-hydroxylation sites is 1. The van der Waals surface area contributed by atoms with Gasteiger partial charge in [0.25, 0.3) is 0 Å². The summed E-state index contributed by atoms with van der Waals surface area (Å²) < 4.78 is 0. The molecule has 1 unspecified atom stereocenters. The van der Waals surface area contributed by atoms with E-state index in [0.717, 1.165) is 17.8 Å². The summed E-state index contributed by atoms with van der Waals surface area (Å²) in [4.78, 5) is 11.0. The normalized spacial score (nSPS) is 15.7. The molecule has 3 heterocycles. The molecule has 1 N–H and O–H groups in total. The van der Waals surface area contributed by atoms with Gasteiger partial charge in [-0.25, -0.2) is 4.98 Å². The second-order valence-corrected chi connectivity index (χ2v) is 9.05. The van der Waals surface area contributed by atoms with Gasteiger partial charge in [-0.3, -0.25) is 0 Å². The van der Waals surface area contributed by atoms with E-state index in [1.807, 2.05) is 0 Å². The Morgan fingerprint density at radius 1 is 0.879 bits per heavy atom. The SMILES string of the molecule is CCN1C=C(c2ccc3cc(C)ccc3n2)C(c2c[nH]c3ccccc23)c2cc(C)ccc21. The van der Waals surface area contributed by atoms with Crippen molar-refractivity contribution in [3.8, 4) is 0 Å². The van der Waals surface area contributed by atoms with E-state index in [1.54, 1.807) is 0 Å². The average molecular weight is 430 g/mol. The number of rotatable bonds is 3. The zero-order chi connectivity index (χ0) is 22.5. The number of aromatic amines is 1. The molecular formula is C30H27N3. The highest BCUT2D eigenvalue weighted by Crippen LogP contribution is 2.47. The van der Waals surface area contributed by atoms with Crippen LogP contribution in [0.1, 0.15) is 40.8 Å². The highest BCUT2D eigenvalue weighted by Gasteiger charge is 2.31. The van der Waals surface area contributed by atoms with E-state index in [4.69, 9.17) is 4.98 Å². The van der Waals surface area contributed by atoms with E-state index in [1.165, 1.54) is 49.8 Å². The number of anilines is 1. The quantitative estimate of drug-likeness (QED) is 0.325. The van der Waals surface area contributed by atoms with Crippen LogP contribution in [0.2, 0.25) is 0 Å². The van der Waals surface area contributed by atoms with Gasteiger partial charge in [0.15, 0.2) is 0 Å². The second-order valence-electron chi connectivity index (χ2n) is 9.05. The number of hydrogen-bond acceptors (Lipinski definition) is 2. The van der Waals surface area contributed by atoms with Gasteiger partial charge in [0.05, 0.1) is 11.2 Å². The lowest BCUT2D eigenvalue weighted by molar-refractivity contribution is 0.928. The molecule has 162 valence electrons. The summed E-state index contributed by atoms with van der Waals surface area (Å²) in [7, 11) is 0. The molecule has 0 saturated carbocycles. The first-order chi connectivity index (χ1) is 16.1. The number of nitrogens with zero attached hydrogens (tertiary/aromatic N) is 2. The van der Waals surface area contributed by atoms with Gasteiger partial charge in [0.1, 0.15) is 0 Å². The first kappa shape index (κ1) is 19.8. The molecular weight excluding hydrogens is 402 g/mol. The molecule has 5 aromatic rings. The van der Waals surface area contributed by atoms with E-state index in [2.05, 4.69) is 116 Å². The van der Waals surface area contributed by atoms with Crippen molar-refractivity contribution in [2.45, 2.75) is 26.7 Å². The van der Waals surface area contributed by atoms with Crippen molar-refractivity contribution in [2.24, 2.45) is 0 Å². The van der Waals surface area contributed by atoms with Crippen molar-refractivity contribution < 1.29 is 0 Å². The molecule has 0 aliphatic carbocycles. The predicted octanol–water partition coefficient (Wildman–Crippen LogP) is 7.35. The number of nitrogens with one attached hydrogen (secondary N) is 1. The fourth-order valence-electron chi connectivity index (χ4n) is 5.20. The molecule has 0 amide bonds. The number of benzene rings is 3. The summed E-state index contributed by atoms with van der Waals surface area (Å²) in [5, 5.41) is 2.45. The number of allylic oxidation sites excluding steroid dienone is 1. The lowest BCUT2D eigenvalue weighted by atomic mass is 9.79. The standard InChI is InChI=1S/C30H27N3/c1-4-33-18-25(28-13-11-21-15-19(2)9-12-26(21)32-28)30(23-16-20(3)10-14-29(23)33)24-17-31-27-8-6-5-7-22(24)27/h5-18,30-31H,4H2,1-3H3. The Balaban J connectivity index is 1.62. The third-order valence-electron chi connectivity index (χ3n) is 6.82. The summed E-state index contributed by atoms with van der Waals surface area (Å²) in [5.41, 5.74) is 10.9. The van der Waals surface area contributed by atoms with E-state index < -0.39 is 0 Å². The molecule has 3 nitrogen and oxygen atoms in total. The highest BCUT2D eigenvalue weighted by atomic mass is 15.1. The van der Waals surface area contributed by atoms with Gasteiger partial charge < -0.3 is 9.88 Å². The van der Waals surface area contributed by atoms with E-state index in [0.29, 0.717) is 0 Å². The molecule has 1 atom stereocenters. The van der Waals surface area contributed by atoms with Gasteiger partial charge in [-0.15, -0.1) is 0 Å². The minimum Gasteiger partial charge on any atom is -0.361 e. The van der Waals surface area contributed by atoms with Crippen LogP contribution in [0.15, 0.2) is 85.2 Å². The van der Waals surface area contributed by atoms with Gasteiger partial charge in [0.2, 0.25) is 0 Å². The fourth-order valence-corrected chi connectivity index (χ4v) is 5.20. The van der Waals surface area contributed by atoms with Crippen LogP contribution < -0.4 is 4.90 Å². The number of fused-ring (bicyclic) bond motifs is 3. The lowest BCUT2D eigenvalue weighted by Crippen LogP contribution is -2.24. The Morgan fingerprint density at radius 3 is 2.58 bits per heavy atom. The summed E-state index contributed by atoms with van der Waals surface area (Å²) in [6.07, 6.45) is 4.49. The van der Waals surface area contributed by atoms with E-state index in [-0.39, 0.29) is 5.92 Å². The summed E-state index contributed by atoms with van der Waals surface area (Å²) in [6, 6.07) is 26.3. The van der Waals surface area contributed by atoms with Crippen LogP contribution in [-0.4, -0.2) is 16.5 Å². The molecule has 2 aromatic heterocycles. The van der Waals surface area contributed by atoms with Crippen LogP contribution in [0.3, 0.4) is 0 Å². The van der Waals surface area contributed by atoms with Crippen LogP contribution in [0.5, 0.6) is 0 Å². The predicted molar refractivity (Wildman–Crippen MR) is 139 cm³/mol. The van der Waals surface area contributed by atoms with Crippen molar-refractivity contribution >= 4 is 33.1 Å². The molecule has 3 aromatic carbocycles. The zero-order valence-corrected chi connectivity index (χ0v) is 19.3. The van der Waals surface area contributed by atoms with Crippen LogP contribution in [0, 0.1) is 13.8 Å². The van der Waals surface area contributed by atoms with E-state index in [9.17, 15) is 0 Å². The topological polar surface area (TPSA) is 31.9 Å². The van der Waals surface area contributed by atoms with Crippen LogP contribution >= 0.6 is 0 Å². The number of pyridine rings is 1. The second kappa shape index (κ2) is 7.63. The Morgan fingerprint density at radius 2 is 1.70 bits per heavy atom. The fraction of sp³-hybridized carbons (Fsp3) is 0.167. The molecule has 3 heteroatoms. The first-order valence-electron chi connectivity index (χ1n) is 11.6. The molecule has 0 bridgehead atoms. The van der Waals surface area contributed by atoms with Gasteiger partial charge in [0, 0.05) is 52.4 Å². The van der Waals surface area contributed by atoms with Crippen molar-refractivity contribution in [3.63, 3.8) is 0 Å². The maximum Gasteiger partial charge on any atom is 0.0709 e. The number of aromatic nitrogens is 2. The highest BCUT2D eigenvalue weighted by molar-refractivity contribution is 5.92. The van der Waals surface area contributed by atoms with Crippen molar-refractivity contribution in [1.82, 2.24) is 9.97 Å². The summed E-state index contributed by atoms with van der Waals surface area (Å²) in [6.45, 7) is 7.42. The lowest BCUT2D eigenvalue weighted by Gasteiger charge is -2.34. The molecule has 0 saturated heterocycles.